The van der Waals surface area contributed by atoms with Crippen LogP contribution in [0, 0.1) is 5.82 Å². The van der Waals surface area contributed by atoms with Crippen LogP contribution in [0.2, 0.25) is 0 Å². The fourth-order valence-corrected chi connectivity index (χ4v) is 2.31. The molecule has 0 aliphatic carbocycles. The average molecular weight is 338 g/mol. The fraction of sp³-hybridized carbons (Fsp3) is 0.111. The van der Waals surface area contributed by atoms with E-state index in [2.05, 4.69) is 20.3 Å². The summed E-state index contributed by atoms with van der Waals surface area (Å²) in [5.74, 6) is -0.917. The van der Waals surface area contributed by atoms with Crippen molar-refractivity contribution in [3.05, 3.63) is 72.2 Å². The van der Waals surface area contributed by atoms with Crippen LogP contribution in [0.5, 0.6) is 5.75 Å². The lowest BCUT2D eigenvalue weighted by molar-refractivity contribution is 0.0950. The van der Waals surface area contributed by atoms with Gasteiger partial charge in [0.05, 0.1) is 25.0 Å². The van der Waals surface area contributed by atoms with Gasteiger partial charge in [-0.05, 0) is 30.3 Å². The van der Waals surface area contributed by atoms with E-state index in [9.17, 15) is 9.18 Å². The molecule has 3 rings (SSSR count). The van der Waals surface area contributed by atoms with Crippen LogP contribution in [0.4, 0.5) is 4.39 Å². The maximum absolute atomic E-state index is 13.7. The van der Waals surface area contributed by atoms with Crippen LogP contribution in [0.3, 0.4) is 0 Å². The Morgan fingerprint density at radius 1 is 1.20 bits per heavy atom. The van der Waals surface area contributed by atoms with E-state index in [0.29, 0.717) is 11.4 Å². The van der Waals surface area contributed by atoms with Gasteiger partial charge in [-0.15, -0.1) is 0 Å². The Hall–Kier alpha value is -3.35. The minimum absolute atomic E-state index is 0.0874. The Kier molecular flexibility index (Phi) is 4.94. The molecule has 126 valence electrons. The van der Waals surface area contributed by atoms with Crippen LogP contribution in [0.15, 0.2) is 55.1 Å². The van der Waals surface area contributed by atoms with Crippen molar-refractivity contribution in [3.63, 3.8) is 0 Å². The van der Waals surface area contributed by atoms with Crippen molar-refractivity contribution in [2.45, 2.75) is 6.54 Å². The third-order valence-corrected chi connectivity index (χ3v) is 3.54. The van der Waals surface area contributed by atoms with Gasteiger partial charge in [0.15, 0.2) is 11.6 Å². The van der Waals surface area contributed by atoms with E-state index >= 15 is 0 Å². The molecule has 3 aromatic rings. The number of rotatable bonds is 5. The van der Waals surface area contributed by atoms with E-state index in [1.807, 2.05) is 6.07 Å². The van der Waals surface area contributed by atoms with Gasteiger partial charge in [0, 0.05) is 35.9 Å². The summed E-state index contributed by atoms with van der Waals surface area (Å²) in [6.07, 6.45) is 6.47. The van der Waals surface area contributed by atoms with E-state index in [0.717, 1.165) is 11.6 Å². The molecule has 1 amide bonds. The predicted molar refractivity (Wildman–Crippen MR) is 89.4 cm³/mol. The second kappa shape index (κ2) is 7.48. The summed E-state index contributed by atoms with van der Waals surface area (Å²) in [4.78, 5) is 24.9. The van der Waals surface area contributed by atoms with Crippen LogP contribution in [0.25, 0.3) is 11.3 Å². The minimum atomic E-state index is -0.592. The van der Waals surface area contributed by atoms with Crippen LogP contribution >= 0.6 is 0 Å². The lowest BCUT2D eigenvalue weighted by atomic mass is 10.1. The van der Waals surface area contributed by atoms with Gasteiger partial charge >= 0.3 is 0 Å². The van der Waals surface area contributed by atoms with Crippen LogP contribution in [0.1, 0.15) is 16.1 Å². The maximum atomic E-state index is 13.7. The van der Waals surface area contributed by atoms with Gasteiger partial charge in [-0.2, -0.15) is 0 Å². The number of carbonyl (C=O) groups excluding carboxylic acids is 1. The van der Waals surface area contributed by atoms with Crippen LogP contribution in [-0.2, 0) is 6.54 Å². The molecule has 0 unspecified atom stereocenters. The molecule has 0 aliphatic rings. The Labute approximate surface area is 143 Å². The summed E-state index contributed by atoms with van der Waals surface area (Å²) in [5.41, 5.74) is 2.23. The Morgan fingerprint density at radius 2 is 2.04 bits per heavy atom. The maximum Gasteiger partial charge on any atom is 0.251 e. The molecule has 1 aromatic carbocycles. The van der Waals surface area contributed by atoms with Crippen molar-refractivity contribution in [1.82, 2.24) is 20.3 Å². The van der Waals surface area contributed by atoms with Gasteiger partial charge < -0.3 is 10.1 Å². The van der Waals surface area contributed by atoms with Crippen molar-refractivity contribution in [2.75, 3.05) is 7.11 Å². The third-order valence-electron chi connectivity index (χ3n) is 3.54. The summed E-state index contributed by atoms with van der Waals surface area (Å²) < 4.78 is 18.6. The number of amides is 1. The second-order valence-corrected chi connectivity index (χ2v) is 5.13. The highest BCUT2D eigenvalue weighted by Crippen LogP contribution is 2.19. The molecule has 2 aromatic heterocycles. The van der Waals surface area contributed by atoms with E-state index < -0.39 is 11.7 Å². The summed E-state index contributed by atoms with van der Waals surface area (Å²) in [7, 11) is 1.37. The summed E-state index contributed by atoms with van der Waals surface area (Å²) in [6.45, 7) is 0.157. The number of carbonyl (C=O) groups is 1. The number of halogens is 1. The van der Waals surface area contributed by atoms with Crippen molar-refractivity contribution in [1.29, 1.82) is 0 Å². The van der Waals surface area contributed by atoms with Crippen LogP contribution in [-0.4, -0.2) is 28.0 Å². The zero-order chi connectivity index (χ0) is 17.6. The zero-order valence-corrected chi connectivity index (χ0v) is 13.4. The van der Waals surface area contributed by atoms with Crippen molar-refractivity contribution in [3.8, 4) is 17.0 Å². The minimum Gasteiger partial charge on any atom is -0.494 e. The molecule has 0 bridgehead atoms. The van der Waals surface area contributed by atoms with Crippen molar-refractivity contribution in [2.24, 2.45) is 0 Å². The Bertz CT molecular complexity index is 887. The zero-order valence-electron chi connectivity index (χ0n) is 13.4. The Morgan fingerprint density at radius 3 is 2.76 bits per heavy atom. The monoisotopic (exact) mass is 338 g/mol. The highest BCUT2D eigenvalue weighted by Gasteiger charge is 2.12. The standard InChI is InChI=1S/C18H15FN4O2/c1-25-16-5-4-12(9-14(16)19)18(24)23-11-15-17(22-8-7-21-15)13-3-2-6-20-10-13/h2-10H,11H2,1H3,(H,23,24). The largest absolute Gasteiger partial charge is 0.494 e. The molecule has 0 radical (unpaired) electrons. The van der Waals surface area contributed by atoms with E-state index in [1.165, 1.54) is 19.2 Å². The lowest BCUT2D eigenvalue weighted by Gasteiger charge is -2.09. The summed E-state index contributed by atoms with van der Waals surface area (Å²) in [5, 5.41) is 2.72. The van der Waals surface area contributed by atoms with E-state index in [-0.39, 0.29) is 17.9 Å². The van der Waals surface area contributed by atoms with Gasteiger partial charge in [0.25, 0.3) is 5.91 Å². The number of pyridine rings is 1. The summed E-state index contributed by atoms with van der Waals surface area (Å²) >= 11 is 0. The summed E-state index contributed by atoms with van der Waals surface area (Å²) in [6, 6.07) is 7.70. The first kappa shape index (κ1) is 16.5. The molecule has 0 spiro atoms. The topological polar surface area (TPSA) is 77.0 Å². The lowest BCUT2D eigenvalue weighted by Crippen LogP contribution is -2.24. The van der Waals surface area contributed by atoms with Gasteiger partial charge in [0.1, 0.15) is 0 Å². The molecule has 7 heteroatoms. The van der Waals surface area contributed by atoms with Gasteiger partial charge in [-0.1, -0.05) is 0 Å². The first-order valence-corrected chi connectivity index (χ1v) is 7.51. The molecule has 6 nitrogen and oxygen atoms in total. The number of hydrogen-bond donors (Lipinski definition) is 1. The highest BCUT2D eigenvalue weighted by atomic mass is 19.1. The first-order valence-electron chi connectivity index (χ1n) is 7.51. The molecular formula is C18H15FN4O2. The number of methoxy groups -OCH3 is 1. The number of nitrogens with zero attached hydrogens (tertiary/aromatic N) is 3. The fourth-order valence-electron chi connectivity index (χ4n) is 2.31. The van der Waals surface area contributed by atoms with Crippen molar-refractivity contribution < 1.29 is 13.9 Å². The van der Waals surface area contributed by atoms with E-state index in [4.69, 9.17) is 4.74 Å². The van der Waals surface area contributed by atoms with E-state index in [1.54, 1.807) is 30.9 Å². The van der Waals surface area contributed by atoms with Gasteiger partial charge in [-0.3, -0.25) is 19.7 Å². The first-order chi connectivity index (χ1) is 12.2. The molecular weight excluding hydrogens is 323 g/mol. The number of nitrogens with one attached hydrogen (secondary N) is 1. The second-order valence-electron chi connectivity index (χ2n) is 5.13. The van der Waals surface area contributed by atoms with Gasteiger partial charge in [0.2, 0.25) is 0 Å². The van der Waals surface area contributed by atoms with Gasteiger partial charge in [-0.25, -0.2) is 4.39 Å². The van der Waals surface area contributed by atoms with Crippen molar-refractivity contribution >= 4 is 5.91 Å². The molecule has 0 atom stereocenters. The molecule has 1 N–H and O–H groups in total. The number of benzene rings is 1. The number of aromatic nitrogens is 3. The molecule has 25 heavy (non-hydrogen) atoms. The molecule has 0 saturated carbocycles. The molecule has 0 fully saturated rings. The SMILES string of the molecule is COc1ccc(C(=O)NCc2nccnc2-c2cccnc2)cc1F. The predicted octanol–water partition coefficient (Wildman–Crippen LogP) is 2.62. The number of ether oxygens (including phenoxy) is 1. The number of hydrogen-bond acceptors (Lipinski definition) is 5. The highest BCUT2D eigenvalue weighted by molar-refractivity contribution is 5.94. The van der Waals surface area contributed by atoms with Crippen LogP contribution < -0.4 is 10.1 Å². The molecule has 2 heterocycles. The molecule has 0 aliphatic heterocycles. The molecule has 0 saturated heterocycles. The third kappa shape index (κ3) is 3.77. The average Bonchev–Trinajstić information content (AvgIpc) is 2.67. The Balaban J connectivity index is 1.76. The quantitative estimate of drug-likeness (QED) is 0.774. The normalized spacial score (nSPS) is 10.3. The smallest absolute Gasteiger partial charge is 0.251 e.